The molecule has 2 aromatic heterocycles. The van der Waals surface area contributed by atoms with Crippen molar-refractivity contribution in [2.45, 2.75) is 122 Å². The molecule has 0 saturated carbocycles. The summed E-state index contributed by atoms with van der Waals surface area (Å²) in [7, 11) is 1.45. The number of primary amides is 2. The van der Waals surface area contributed by atoms with Gasteiger partial charge in [0.1, 0.15) is 42.3 Å². The standard InChI is InChI=1S/C46H69N13O10S/c1-24(2)17-35(46(69)59(7)36(40(48)63)15-16-70-8)57-44(67)34(19-29-21-49-23-52-29)55-38(62)22-51-45(68)39(25(3)4)58-41(64)26(5)53-43(66)33(18-28-20-50-31-12-10-9-11-30(28)31)56-42(65)32(54-27(6)60)13-14-37(47)61/h9-12,20-21,23-26,32-36,39,50H,13-19,22H2,1-8H3,(H2,47,61)(H2,48,63)(H,49,52)(H,51,68)(H,53,66)(H,54,60)(H,55,62)(H,56,65)(H,57,67)(H,58,64)/t26-,32-,33-,34-,35-,36-,39-/m0/s1. The lowest BCUT2D eigenvalue weighted by molar-refractivity contribution is -0.141. The van der Waals surface area contributed by atoms with Crippen LogP contribution in [-0.2, 0) is 60.8 Å². The van der Waals surface area contributed by atoms with E-state index in [0.717, 1.165) is 10.9 Å². The first-order valence-electron chi connectivity index (χ1n) is 22.9. The number of imidazole rings is 1. The molecule has 24 heteroatoms. The second-order valence-corrected chi connectivity index (χ2v) is 18.8. The highest BCUT2D eigenvalue weighted by molar-refractivity contribution is 7.98. The number of nitrogens with zero attached hydrogens (tertiary/aromatic N) is 2. The maximum atomic E-state index is 13.9. The van der Waals surface area contributed by atoms with E-state index in [4.69, 9.17) is 11.5 Å². The van der Waals surface area contributed by atoms with E-state index in [1.807, 2.05) is 38.3 Å². The van der Waals surface area contributed by atoms with Crippen molar-refractivity contribution < 1.29 is 47.9 Å². The number of amides is 10. The molecule has 0 fully saturated rings. The molecule has 0 aliphatic carbocycles. The van der Waals surface area contributed by atoms with E-state index in [9.17, 15) is 47.9 Å². The smallest absolute Gasteiger partial charge is 0.245 e. The van der Waals surface area contributed by atoms with Gasteiger partial charge in [-0.1, -0.05) is 45.9 Å². The highest BCUT2D eigenvalue weighted by Crippen LogP contribution is 2.20. The average Bonchev–Trinajstić information content (AvgIpc) is 3.97. The first kappa shape index (κ1) is 57.3. The minimum atomic E-state index is -1.29. The van der Waals surface area contributed by atoms with E-state index in [1.54, 1.807) is 26.1 Å². The molecule has 13 N–H and O–H groups in total. The Morgan fingerprint density at radius 1 is 0.743 bits per heavy atom. The lowest BCUT2D eigenvalue weighted by atomic mass is 10.0. The van der Waals surface area contributed by atoms with Crippen molar-refractivity contribution in [3.63, 3.8) is 0 Å². The average molecular weight is 996 g/mol. The summed E-state index contributed by atoms with van der Waals surface area (Å²) in [5, 5.41) is 18.9. The quantitative estimate of drug-likeness (QED) is 0.0390. The summed E-state index contributed by atoms with van der Waals surface area (Å²) in [6, 6.07) is -0.960. The predicted octanol–water partition coefficient (Wildman–Crippen LogP) is -1.23. The number of likely N-dealkylation sites (N-methyl/N-ethyl adjacent to an activating group) is 1. The SMILES string of the molecule is CSCC[C@@H](C(N)=O)N(C)C(=O)[C@H](CC(C)C)NC(=O)[C@H](Cc1cnc[nH]1)NC(=O)CNC(=O)[C@@H](NC(=O)[C@H](C)NC(=O)[C@H](Cc1c[nH]c2ccccc12)NC(=O)[C@H](CCC(N)=O)NC(C)=O)C(C)C. The molecule has 384 valence electrons. The number of rotatable bonds is 29. The molecule has 70 heavy (non-hydrogen) atoms. The second-order valence-electron chi connectivity index (χ2n) is 17.8. The molecule has 0 aliphatic heterocycles. The molecule has 0 aliphatic rings. The van der Waals surface area contributed by atoms with E-state index in [-0.39, 0.29) is 38.0 Å². The number of thioether (sulfide) groups is 1. The van der Waals surface area contributed by atoms with Crippen molar-refractivity contribution in [3.8, 4) is 0 Å². The second kappa shape index (κ2) is 27.9. The number of aromatic nitrogens is 3. The van der Waals surface area contributed by atoms with Gasteiger partial charge in [-0.05, 0) is 61.7 Å². The third-order valence-corrected chi connectivity index (χ3v) is 11.9. The molecule has 2 heterocycles. The van der Waals surface area contributed by atoms with Crippen molar-refractivity contribution in [2.24, 2.45) is 23.3 Å². The molecule has 23 nitrogen and oxygen atoms in total. The fraction of sp³-hybridized carbons (Fsp3) is 0.543. The Morgan fingerprint density at radius 2 is 1.39 bits per heavy atom. The number of H-pyrrole nitrogens is 2. The number of nitrogens with two attached hydrogens (primary N) is 2. The van der Waals surface area contributed by atoms with Crippen molar-refractivity contribution >= 4 is 81.7 Å². The molecule has 10 amide bonds. The van der Waals surface area contributed by atoms with Gasteiger partial charge < -0.3 is 63.6 Å². The van der Waals surface area contributed by atoms with Gasteiger partial charge in [0.2, 0.25) is 59.1 Å². The van der Waals surface area contributed by atoms with Gasteiger partial charge in [-0.3, -0.25) is 47.9 Å². The van der Waals surface area contributed by atoms with Crippen molar-refractivity contribution in [3.05, 3.63) is 54.2 Å². The van der Waals surface area contributed by atoms with Gasteiger partial charge in [0, 0.05) is 62.2 Å². The number of carbonyl (C=O) groups excluding carboxylic acids is 10. The molecule has 3 rings (SSSR count). The number of aromatic amines is 2. The van der Waals surface area contributed by atoms with E-state index in [2.05, 4.69) is 52.2 Å². The fourth-order valence-corrected chi connectivity index (χ4v) is 7.92. The van der Waals surface area contributed by atoms with Crippen LogP contribution in [0, 0.1) is 11.8 Å². The van der Waals surface area contributed by atoms with Crippen LogP contribution >= 0.6 is 11.8 Å². The number of carbonyl (C=O) groups is 10. The zero-order valence-corrected chi connectivity index (χ0v) is 41.8. The highest BCUT2D eigenvalue weighted by atomic mass is 32.2. The molecular weight excluding hydrogens is 927 g/mol. The maximum Gasteiger partial charge on any atom is 0.245 e. The molecule has 1 aromatic carbocycles. The molecule has 0 saturated heterocycles. The Hall–Kier alpha value is -6.98. The largest absolute Gasteiger partial charge is 0.370 e. The van der Waals surface area contributed by atoms with Gasteiger partial charge in [0.05, 0.1) is 12.9 Å². The molecule has 7 atom stereocenters. The zero-order valence-electron chi connectivity index (χ0n) is 40.9. The Morgan fingerprint density at radius 3 is 1.99 bits per heavy atom. The van der Waals surface area contributed by atoms with Gasteiger partial charge in [-0.2, -0.15) is 11.8 Å². The van der Waals surface area contributed by atoms with E-state index in [1.165, 1.54) is 50.1 Å². The minimum Gasteiger partial charge on any atom is -0.370 e. The molecule has 0 bridgehead atoms. The van der Waals surface area contributed by atoms with Gasteiger partial charge in [-0.25, -0.2) is 4.98 Å². The predicted molar refractivity (Wildman–Crippen MR) is 262 cm³/mol. The van der Waals surface area contributed by atoms with E-state index < -0.39 is 114 Å². The van der Waals surface area contributed by atoms with Crippen LogP contribution in [0.2, 0.25) is 0 Å². The third-order valence-electron chi connectivity index (χ3n) is 11.2. The monoisotopic (exact) mass is 996 g/mol. The van der Waals surface area contributed by atoms with Gasteiger partial charge >= 0.3 is 0 Å². The van der Waals surface area contributed by atoms with E-state index in [0.29, 0.717) is 23.4 Å². The number of benzene rings is 1. The fourth-order valence-electron chi connectivity index (χ4n) is 7.46. The van der Waals surface area contributed by atoms with Crippen molar-refractivity contribution in [1.29, 1.82) is 0 Å². The maximum absolute atomic E-state index is 13.9. The summed E-state index contributed by atoms with van der Waals surface area (Å²) in [5.41, 5.74) is 12.8. The number of para-hydroxylation sites is 1. The molecular formula is C46H69N13O10S. The summed E-state index contributed by atoms with van der Waals surface area (Å²) >= 11 is 1.49. The van der Waals surface area contributed by atoms with Crippen molar-refractivity contribution in [2.75, 3.05) is 25.6 Å². The van der Waals surface area contributed by atoms with Crippen LogP contribution < -0.4 is 48.7 Å². The molecule has 3 aromatic rings. The van der Waals surface area contributed by atoms with Gasteiger partial charge in [0.25, 0.3) is 0 Å². The first-order valence-corrected chi connectivity index (χ1v) is 24.3. The van der Waals surface area contributed by atoms with Crippen LogP contribution in [0.5, 0.6) is 0 Å². The van der Waals surface area contributed by atoms with Gasteiger partial charge in [-0.15, -0.1) is 0 Å². The van der Waals surface area contributed by atoms with Gasteiger partial charge in [0.15, 0.2) is 0 Å². The van der Waals surface area contributed by atoms with Crippen LogP contribution in [0.15, 0.2) is 43.0 Å². The number of fused-ring (bicyclic) bond motifs is 1. The first-order chi connectivity index (χ1) is 33.0. The number of nitrogens with one attached hydrogen (secondary N) is 9. The summed E-state index contributed by atoms with van der Waals surface area (Å²) in [6.07, 6.45) is 6.40. The van der Waals surface area contributed by atoms with Crippen LogP contribution in [0.3, 0.4) is 0 Å². The summed E-state index contributed by atoms with van der Waals surface area (Å²) in [6.45, 7) is 8.95. The normalized spacial score (nSPS) is 14.2. The lowest BCUT2D eigenvalue weighted by Gasteiger charge is -2.31. The van der Waals surface area contributed by atoms with E-state index >= 15 is 0 Å². The molecule has 0 radical (unpaired) electrons. The summed E-state index contributed by atoms with van der Waals surface area (Å²) < 4.78 is 0. The van der Waals surface area contributed by atoms with Crippen LogP contribution in [0.25, 0.3) is 10.9 Å². The summed E-state index contributed by atoms with van der Waals surface area (Å²) in [4.78, 5) is 143. The van der Waals surface area contributed by atoms with Crippen LogP contribution in [0.4, 0.5) is 0 Å². The minimum absolute atomic E-state index is 0.0497. The zero-order chi connectivity index (χ0) is 52.2. The third kappa shape index (κ3) is 18.2. The Bertz CT molecular complexity index is 2300. The number of hydrogen-bond acceptors (Lipinski definition) is 12. The van der Waals surface area contributed by atoms with Crippen molar-refractivity contribution in [1.82, 2.24) is 57.1 Å². The Kier molecular flexibility index (Phi) is 22.8. The van der Waals surface area contributed by atoms with Crippen LogP contribution in [0.1, 0.15) is 78.5 Å². The van der Waals surface area contributed by atoms with Crippen LogP contribution in [-0.4, -0.2) is 147 Å². The topological polar surface area (TPSA) is 355 Å². The molecule has 0 unspecified atom stereocenters. The lowest BCUT2D eigenvalue weighted by Crippen LogP contribution is -2.59. The summed E-state index contributed by atoms with van der Waals surface area (Å²) in [5.74, 6) is -7.10. The number of hydrogen-bond donors (Lipinski definition) is 11. The Labute approximate surface area is 411 Å². The Balaban J connectivity index is 1.73. The highest BCUT2D eigenvalue weighted by Gasteiger charge is 2.35. The molecule has 0 spiro atoms.